The lowest BCUT2D eigenvalue weighted by Gasteiger charge is -2.29. The van der Waals surface area contributed by atoms with Crippen LogP contribution in [-0.4, -0.2) is 24.7 Å². The van der Waals surface area contributed by atoms with Gasteiger partial charge in [0, 0.05) is 12.1 Å². The highest BCUT2D eigenvalue weighted by Crippen LogP contribution is 2.38. The molecule has 1 aliphatic rings. The van der Waals surface area contributed by atoms with Gasteiger partial charge in [-0.2, -0.15) is 5.26 Å². The fraction of sp³-hybridized carbons (Fsp3) is 0.316. The van der Waals surface area contributed by atoms with Gasteiger partial charge in [0.1, 0.15) is 11.5 Å². The van der Waals surface area contributed by atoms with E-state index in [0.29, 0.717) is 18.4 Å². The number of benzene rings is 2. The number of hydrogen-bond acceptors (Lipinski definition) is 5. The molecule has 26 heavy (non-hydrogen) atoms. The zero-order valence-electron chi connectivity index (χ0n) is 14.1. The summed E-state index contributed by atoms with van der Waals surface area (Å²) in [5.74, 6) is 0.230. The van der Waals surface area contributed by atoms with Crippen molar-refractivity contribution in [2.24, 2.45) is 0 Å². The Labute approximate surface area is 152 Å². The molecule has 0 amide bonds. The smallest absolute Gasteiger partial charge is 0.240 e. The lowest BCUT2D eigenvalue weighted by atomic mass is 9.81. The zero-order chi connectivity index (χ0) is 18.7. The Balaban J connectivity index is 1.65. The van der Waals surface area contributed by atoms with Crippen LogP contribution < -0.4 is 4.72 Å². The molecule has 0 bridgehead atoms. The number of rotatable bonds is 4. The van der Waals surface area contributed by atoms with Gasteiger partial charge in [-0.1, -0.05) is 12.1 Å². The van der Waals surface area contributed by atoms with Crippen molar-refractivity contribution in [3.8, 4) is 17.6 Å². The lowest BCUT2D eigenvalue weighted by molar-refractivity contribution is 0.362. The first-order chi connectivity index (χ1) is 12.4. The van der Waals surface area contributed by atoms with Crippen LogP contribution in [0.1, 0.15) is 42.7 Å². The van der Waals surface area contributed by atoms with Crippen LogP contribution in [0.25, 0.3) is 0 Å². The highest BCUT2D eigenvalue weighted by atomic mass is 32.2. The van der Waals surface area contributed by atoms with Crippen molar-refractivity contribution in [2.45, 2.75) is 42.5 Å². The normalized spacial score (nSPS) is 20.4. The molecule has 0 aliphatic heterocycles. The van der Waals surface area contributed by atoms with Gasteiger partial charge in [0.25, 0.3) is 0 Å². The van der Waals surface area contributed by atoms with Crippen LogP contribution in [0.3, 0.4) is 0 Å². The van der Waals surface area contributed by atoms with Crippen molar-refractivity contribution in [1.29, 1.82) is 5.26 Å². The van der Waals surface area contributed by atoms with Crippen LogP contribution in [0, 0.1) is 11.3 Å². The van der Waals surface area contributed by atoms with Gasteiger partial charge >= 0.3 is 0 Å². The summed E-state index contributed by atoms with van der Waals surface area (Å²) in [5.41, 5.74) is 1.09. The van der Waals surface area contributed by atoms with Gasteiger partial charge in [-0.05, 0) is 61.4 Å². The average molecular weight is 372 g/mol. The molecular formula is C19H20N2O4S. The maximum absolute atomic E-state index is 12.5. The quantitative estimate of drug-likeness (QED) is 0.764. The molecule has 0 unspecified atom stereocenters. The maximum atomic E-state index is 12.5. The summed E-state index contributed by atoms with van der Waals surface area (Å²) in [5, 5.41) is 28.3. The van der Waals surface area contributed by atoms with Crippen molar-refractivity contribution in [2.75, 3.05) is 0 Å². The largest absolute Gasteiger partial charge is 0.508 e. The maximum Gasteiger partial charge on any atom is 0.240 e. The second kappa shape index (κ2) is 7.36. The van der Waals surface area contributed by atoms with Crippen molar-refractivity contribution in [1.82, 2.24) is 4.72 Å². The van der Waals surface area contributed by atoms with E-state index in [1.807, 2.05) is 6.07 Å². The summed E-state index contributed by atoms with van der Waals surface area (Å²) in [6, 6.07) is 12.3. The van der Waals surface area contributed by atoms with Gasteiger partial charge < -0.3 is 10.2 Å². The molecule has 0 aromatic heterocycles. The van der Waals surface area contributed by atoms with E-state index in [1.165, 1.54) is 18.2 Å². The fourth-order valence-electron chi connectivity index (χ4n) is 3.42. The number of phenols is 2. The fourth-order valence-corrected chi connectivity index (χ4v) is 4.77. The number of nitrogens with zero attached hydrogens (tertiary/aromatic N) is 1. The molecular weight excluding hydrogens is 352 g/mol. The SMILES string of the molecule is N#Cc1cccc(S(=O)(=O)NC2CCC(c3ccc(O)cc3O)CC2)c1. The molecule has 3 rings (SSSR count). The first-order valence-electron chi connectivity index (χ1n) is 8.43. The molecule has 0 radical (unpaired) electrons. The van der Waals surface area contributed by atoms with Crippen LogP contribution in [0.15, 0.2) is 47.4 Å². The number of nitriles is 1. The van der Waals surface area contributed by atoms with E-state index in [0.717, 1.165) is 18.4 Å². The number of aromatic hydroxyl groups is 2. The predicted molar refractivity (Wildman–Crippen MR) is 96.2 cm³/mol. The molecule has 1 aliphatic carbocycles. The molecule has 0 spiro atoms. The molecule has 1 saturated carbocycles. The zero-order valence-corrected chi connectivity index (χ0v) is 14.9. The van der Waals surface area contributed by atoms with Gasteiger partial charge in [-0.25, -0.2) is 13.1 Å². The Morgan fingerprint density at radius 2 is 1.77 bits per heavy atom. The molecule has 6 nitrogen and oxygen atoms in total. The minimum Gasteiger partial charge on any atom is -0.508 e. The summed E-state index contributed by atoms with van der Waals surface area (Å²) in [6.07, 6.45) is 2.79. The lowest BCUT2D eigenvalue weighted by Crippen LogP contribution is -2.37. The topological polar surface area (TPSA) is 110 Å². The van der Waals surface area contributed by atoms with Crippen molar-refractivity contribution in [3.63, 3.8) is 0 Å². The highest BCUT2D eigenvalue weighted by Gasteiger charge is 2.27. The standard InChI is InChI=1S/C19H20N2O4S/c20-12-13-2-1-3-17(10-13)26(24,25)21-15-6-4-14(5-7-15)18-9-8-16(22)11-19(18)23/h1-3,8-11,14-15,21-23H,4-7H2. The van der Waals surface area contributed by atoms with Crippen LogP contribution in [0.2, 0.25) is 0 Å². The van der Waals surface area contributed by atoms with Gasteiger partial charge in [0.15, 0.2) is 0 Å². The van der Waals surface area contributed by atoms with Crippen molar-refractivity contribution in [3.05, 3.63) is 53.6 Å². The molecule has 2 aromatic rings. The molecule has 3 N–H and O–H groups in total. The molecule has 1 fully saturated rings. The van der Waals surface area contributed by atoms with Crippen molar-refractivity contribution < 1.29 is 18.6 Å². The Bertz CT molecular complexity index is 942. The van der Waals surface area contributed by atoms with Gasteiger partial charge in [-0.15, -0.1) is 0 Å². The Kier molecular flexibility index (Phi) is 5.16. The Morgan fingerprint density at radius 3 is 2.42 bits per heavy atom. The monoisotopic (exact) mass is 372 g/mol. The number of phenolic OH excluding ortho intramolecular Hbond substituents is 2. The molecule has 7 heteroatoms. The van der Waals surface area contributed by atoms with E-state index in [2.05, 4.69) is 4.72 Å². The van der Waals surface area contributed by atoms with E-state index in [1.54, 1.807) is 24.3 Å². The first-order valence-corrected chi connectivity index (χ1v) is 9.92. The molecule has 136 valence electrons. The third-order valence-corrected chi connectivity index (χ3v) is 6.29. The van der Waals surface area contributed by atoms with Gasteiger partial charge in [-0.3, -0.25) is 0 Å². The van der Waals surface area contributed by atoms with Crippen LogP contribution in [0.5, 0.6) is 11.5 Å². The minimum absolute atomic E-state index is 0.0206. The van der Waals surface area contributed by atoms with E-state index < -0.39 is 10.0 Å². The highest BCUT2D eigenvalue weighted by molar-refractivity contribution is 7.89. The number of sulfonamides is 1. The number of hydrogen-bond donors (Lipinski definition) is 3. The average Bonchev–Trinajstić information content (AvgIpc) is 2.62. The van der Waals surface area contributed by atoms with E-state index >= 15 is 0 Å². The van der Waals surface area contributed by atoms with E-state index in [9.17, 15) is 18.6 Å². The second-order valence-electron chi connectivity index (χ2n) is 6.55. The van der Waals surface area contributed by atoms with Crippen molar-refractivity contribution >= 4 is 10.0 Å². The minimum atomic E-state index is -3.67. The molecule has 0 atom stereocenters. The van der Waals surface area contributed by atoms with Gasteiger partial charge in [0.2, 0.25) is 10.0 Å². The molecule has 0 heterocycles. The summed E-state index contributed by atoms with van der Waals surface area (Å²) in [6.45, 7) is 0. The molecule has 2 aromatic carbocycles. The van der Waals surface area contributed by atoms with Gasteiger partial charge in [0.05, 0.1) is 16.5 Å². The van der Waals surface area contributed by atoms with Crippen LogP contribution >= 0.6 is 0 Å². The second-order valence-corrected chi connectivity index (χ2v) is 8.27. The summed E-state index contributed by atoms with van der Waals surface area (Å²) in [4.78, 5) is 0.0925. The summed E-state index contributed by atoms with van der Waals surface area (Å²) in [7, 11) is -3.67. The van der Waals surface area contributed by atoms with Crippen LogP contribution in [-0.2, 0) is 10.0 Å². The summed E-state index contributed by atoms with van der Waals surface area (Å²) < 4.78 is 27.8. The van der Waals surface area contributed by atoms with Crippen LogP contribution in [0.4, 0.5) is 0 Å². The Morgan fingerprint density at radius 1 is 1.04 bits per heavy atom. The molecule has 0 saturated heterocycles. The first kappa shape index (κ1) is 18.2. The third-order valence-electron chi connectivity index (χ3n) is 4.78. The summed E-state index contributed by atoms with van der Waals surface area (Å²) >= 11 is 0. The van der Waals surface area contributed by atoms with E-state index in [4.69, 9.17) is 5.26 Å². The van der Waals surface area contributed by atoms with E-state index in [-0.39, 0.29) is 28.4 Å². The third kappa shape index (κ3) is 3.98. The number of nitrogens with one attached hydrogen (secondary N) is 1. The predicted octanol–water partition coefficient (Wildman–Crippen LogP) is 2.97. The Hall–Kier alpha value is -2.56.